The zero-order valence-corrected chi connectivity index (χ0v) is 14.2. The topological polar surface area (TPSA) is 94.4 Å². The van der Waals surface area contributed by atoms with Crippen LogP contribution in [0.2, 0.25) is 0 Å². The second-order valence-corrected chi connectivity index (χ2v) is 9.48. The number of hydrogen-bond acceptors (Lipinski definition) is 6. The van der Waals surface area contributed by atoms with Crippen molar-refractivity contribution in [1.82, 2.24) is 19.7 Å². The monoisotopic (exact) mass is 376 g/mol. The summed E-state index contributed by atoms with van der Waals surface area (Å²) in [7, 11) is -3.42. The second kappa shape index (κ2) is 5.44. The molecule has 2 aliphatic heterocycles. The predicted octanol–water partition coefficient (Wildman–Crippen LogP) is -0.282. The van der Waals surface area contributed by atoms with Gasteiger partial charge in [0.05, 0.1) is 32.0 Å². The van der Waals surface area contributed by atoms with Gasteiger partial charge in [0.1, 0.15) is 23.5 Å². The van der Waals surface area contributed by atoms with Gasteiger partial charge in [-0.3, -0.25) is 9.48 Å². The van der Waals surface area contributed by atoms with E-state index in [1.165, 1.54) is 22.2 Å². The van der Waals surface area contributed by atoms with Crippen LogP contribution in [0.25, 0.3) is 0 Å². The van der Waals surface area contributed by atoms with Gasteiger partial charge in [-0.2, -0.15) is 5.10 Å². The molecule has 138 valence electrons. The first-order chi connectivity index (χ1) is 11.7. The molecule has 1 saturated carbocycles. The molecule has 4 rings (SSSR count). The van der Waals surface area contributed by atoms with Crippen molar-refractivity contribution in [1.29, 1.82) is 0 Å². The lowest BCUT2D eigenvalue weighted by Gasteiger charge is -2.53. The minimum Gasteiger partial charge on any atom is -0.369 e. The van der Waals surface area contributed by atoms with Gasteiger partial charge in [0.2, 0.25) is 11.8 Å². The van der Waals surface area contributed by atoms with Crippen LogP contribution in [0.1, 0.15) is 12.8 Å². The van der Waals surface area contributed by atoms with E-state index in [0.717, 1.165) is 0 Å². The van der Waals surface area contributed by atoms with E-state index < -0.39 is 45.4 Å². The van der Waals surface area contributed by atoms with Gasteiger partial charge in [0, 0.05) is 18.8 Å². The van der Waals surface area contributed by atoms with Crippen molar-refractivity contribution in [3.63, 3.8) is 0 Å². The number of ether oxygens (including phenoxy) is 1. The maximum Gasteiger partial charge on any atom is 0.249 e. The summed E-state index contributed by atoms with van der Waals surface area (Å²) >= 11 is 0. The van der Waals surface area contributed by atoms with Crippen LogP contribution in [-0.4, -0.2) is 76.2 Å². The standard InChI is InChI=1S/C14H18F2N4O4S/c15-14(16)1-10(2-14)12(21)19-5-13(6-19)7-25(22,23)11(4-24-13)3-20-9-17-8-18-20/h8-11H,1-7H2/t11-/m0/s1. The Labute approximate surface area is 143 Å². The molecular formula is C14H18F2N4O4S. The second-order valence-electron chi connectivity index (χ2n) is 7.20. The van der Waals surface area contributed by atoms with Crippen LogP contribution in [0.5, 0.6) is 0 Å². The molecule has 3 fully saturated rings. The fourth-order valence-corrected chi connectivity index (χ4v) is 5.57. The van der Waals surface area contributed by atoms with Crippen molar-refractivity contribution < 1.29 is 26.7 Å². The average Bonchev–Trinajstić information content (AvgIpc) is 2.96. The van der Waals surface area contributed by atoms with Gasteiger partial charge in [-0.25, -0.2) is 22.2 Å². The highest BCUT2D eigenvalue weighted by Gasteiger charge is 2.57. The van der Waals surface area contributed by atoms with E-state index in [0.29, 0.717) is 0 Å². The van der Waals surface area contributed by atoms with E-state index in [2.05, 4.69) is 10.1 Å². The summed E-state index contributed by atoms with van der Waals surface area (Å²) in [6.07, 6.45) is 1.93. The SMILES string of the molecule is O=C(C1CC(F)(F)C1)N1CC2(C1)CS(=O)(=O)[C@@H](Cn1cncn1)CO2. The largest absolute Gasteiger partial charge is 0.369 e. The minimum atomic E-state index is -3.42. The third-order valence-electron chi connectivity index (χ3n) is 5.11. The highest BCUT2D eigenvalue weighted by Crippen LogP contribution is 2.44. The van der Waals surface area contributed by atoms with Gasteiger partial charge < -0.3 is 9.64 Å². The van der Waals surface area contributed by atoms with Gasteiger partial charge in [0.25, 0.3) is 0 Å². The Bertz CT molecular complexity index is 769. The zero-order chi connectivity index (χ0) is 17.9. The molecule has 0 unspecified atom stereocenters. The van der Waals surface area contributed by atoms with Crippen LogP contribution in [0.4, 0.5) is 8.78 Å². The van der Waals surface area contributed by atoms with E-state index in [1.807, 2.05) is 0 Å². The Morgan fingerprint density at radius 3 is 2.60 bits per heavy atom. The molecular weight excluding hydrogens is 358 g/mol. The van der Waals surface area contributed by atoms with Crippen molar-refractivity contribution >= 4 is 15.7 Å². The molecule has 8 nitrogen and oxygen atoms in total. The Kier molecular flexibility index (Phi) is 3.66. The number of carbonyl (C=O) groups excluding carboxylic acids is 1. The number of carbonyl (C=O) groups is 1. The van der Waals surface area contributed by atoms with Crippen LogP contribution in [0.3, 0.4) is 0 Å². The molecule has 0 radical (unpaired) electrons. The summed E-state index contributed by atoms with van der Waals surface area (Å²) in [6.45, 7) is 0.469. The zero-order valence-electron chi connectivity index (χ0n) is 13.3. The fraction of sp³-hybridized carbons (Fsp3) is 0.786. The molecule has 0 aromatic carbocycles. The van der Waals surface area contributed by atoms with Crippen LogP contribution in [0, 0.1) is 5.92 Å². The summed E-state index contributed by atoms with van der Waals surface area (Å²) in [5, 5.41) is 3.19. The van der Waals surface area contributed by atoms with Crippen LogP contribution in [-0.2, 0) is 25.9 Å². The van der Waals surface area contributed by atoms with Gasteiger partial charge in [-0.05, 0) is 0 Å². The molecule has 1 aromatic rings. The lowest BCUT2D eigenvalue weighted by Crippen LogP contribution is -2.71. The summed E-state index contributed by atoms with van der Waals surface area (Å²) in [5.74, 6) is -3.92. The Balaban J connectivity index is 1.34. The highest BCUT2D eigenvalue weighted by molar-refractivity contribution is 7.92. The number of rotatable bonds is 3. The van der Waals surface area contributed by atoms with Gasteiger partial charge in [-0.1, -0.05) is 0 Å². The normalized spacial score (nSPS) is 29.8. The number of likely N-dealkylation sites (tertiary alicyclic amines) is 1. The summed E-state index contributed by atoms with van der Waals surface area (Å²) in [4.78, 5) is 17.3. The third-order valence-corrected chi connectivity index (χ3v) is 7.34. The van der Waals surface area contributed by atoms with Crippen LogP contribution in [0.15, 0.2) is 12.7 Å². The molecule has 0 bridgehead atoms. The molecule has 0 N–H and O–H groups in total. The number of amides is 1. The quantitative estimate of drug-likeness (QED) is 0.720. The van der Waals surface area contributed by atoms with E-state index in [9.17, 15) is 22.0 Å². The summed E-state index contributed by atoms with van der Waals surface area (Å²) < 4.78 is 58.1. The van der Waals surface area contributed by atoms with Crippen LogP contribution >= 0.6 is 0 Å². The van der Waals surface area contributed by atoms with E-state index >= 15 is 0 Å². The van der Waals surface area contributed by atoms with Gasteiger partial charge >= 0.3 is 0 Å². The molecule has 3 aliphatic rings. The maximum absolute atomic E-state index is 12.9. The van der Waals surface area contributed by atoms with Crippen molar-refractivity contribution in [2.24, 2.45) is 5.92 Å². The van der Waals surface area contributed by atoms with Crippen LogP contribution < -0.4 is 0 Å². The van der Waals surface area contributed by atoms with Gasteiger partial charge in [0.15, 0.2) is 9.84 Å². The summed E-state index contributed by atoms with van der Waals surface area (Å²) in [5.41, 5.74) is -0.903. The fourth-order valence-electron chi connectivity index (χ4n) is 3.68. The first kappa shape index (κ1) is 16.8. The molecule has 2 saturated heterocycles. The molecule has 1 aliphatic carbocycles. The molecule has 1 spiro atoms. The Morgan fingerprint density at radius 1 is 1.32 bits per heavy atom. The highest BCUT2D eigenvalue weighted by atomic mass is 32.2. The first-order valence-electron chi connectivity index (χ1n) is 8.03. The first-order valence-corrected chi connectivity index (χ1v) is 9.74. The van der Waals surface area contributed by atoms with Crippen molar-refractivity contribution in [3.05, 3.63) is 12.7 Å². The van der Waals surface area contributed by atoms with E-state index in [4.69, 9.17) is 4.74 Å². The minimum absolute atomic E-state index is 0.0196. The Hall–Kier alpha value is -1.62. The number of aromatic nitrogens is 3. The maximum atomic E-state index is 12.9. The summed E-state index contributed by atoms with van der Waals surface area (Å²) in [6, 6.07) is 0. The molecule has 11 heteroatoms. The molecule has 1 amide bonds. The van der Waals surface area contributed by atoms with Gasteiger partial charge in [-0.15, -0.1) is 0 Å². The molecule has 1 atom stereocenters. The van der Waals surface area contributed by atoms with E-state index in [1.54, 1.807) is 0 Å². The number of alkyl halides is 2. The van der Waals surface area contributed by atoms with Crippen molar-refractivity contribution in [2.75, 3.05) is 25.4 Å². The average molecular weight is 376 g/mol. The number of hydrogen-bond donors (Lipinski definition) is 0. The third kappa shape index (κ3) is 3.03. The number of halogens is 2. The van der Waals surface area contributed by atoms with E-state index in [-0.39, 0.29) is 37.9 Å². The smallest absolute Gasteiger partial charge is 0.249 e. The van der Waals surface area contributed by atoms with Crippen molar-refractivity contribution in [2.45, 2.75) is 36.2 Å². The Morgan fingerprint density at radius 2 is 2.04 bits per heavy atom. The molecule has 3 heterocycles. The van der Waals surface area contributed by atoms with Crippen molar-refractivity contribution in [3.8, 4) is 0 Å². The number of sulfone groups is 1. The molecule has 25 heavy (non-hydrogen) atoms. The lowest BCUT2D eigenvalue weighted by molar-refractivity contribution is -0.184. The molecule has 1 aromatic heterocycles. The predicted molar refractivity (Wildman–Crippen MR) is 80.5 cm³/mol. The number of nitrogens with zero attached hydrogens (tertiary/aromatic N) is 4. The lowest BCUT2D eigenvalue weighted by atomic mass is 9.79.